The van der Waals surface area contributed by atoms with Gasteiger partial charge in [0.05, 0.1) is 0 Å². The normalized spacial score (nSPS) is 49.1. The monoisotopic (exact) mass is 164 g/mol. The van der Waals surface area contributed by atoms with Crippen molar-refractivity contribution in [3.8, 4) is 0 Å². The van der Waals surface area contributed by atoms with Crippen LogP contribution in [0.5, 0.6) is 0 Å². The van der Waals surface area contributed by atoms with Gasteiger partial charge in [-0.25, -0.2) is 0 Å². The number of hydrogen-bond acceptors (Lipinski definition) is 0. The number of rotatable bonds is 1. The summed E-state index contributed by atoms with van der Waals surface area (Å²) in [5, 5.41) is 0. The van der Waals surface area contributed by atoms with Gasteiger partial charge in [-0.3, -0.25) is 0 Å². The molecule has 2 aliphatic carbocycles. The fourth-order valence-electron chi connectivity index (χ4n) is 3.43. The highest BCUT2D eigenvalue weighted by Crippen LogP contribution is 2.59. The zero-order valence-corrected chi connectivity index (χ0v) is 8.56. The Kier molecular flexibility index (Phi) is 1.82. The maximum Gasteiger partial charge on any atom is -0.0111 e. The molecule has 2 bridgehead atoms. The van der Waals surface area contributed by atoms with E-state index in [1.807, 2.05) is 0 Å². The van der Waals surface area contributed by atoms with Crippen LogP contribution in [0.25, 0.3) is 0 Å². The van der Waals surface area contributed by atoms with E-state index in [-0.39, 0.29) is 0 Å². The van der Waals surface area contributed by atoms with Gasteiger partial charge in [0.15, 0.2) is 0 Å². The summed E-state index contributed by atoms with van der Waals surface area (Å²) in [7, 11) is 0. The van der Waals surface area contributed by atoms with Gasteiger partial charge in [-0.15, -0.1) is 0 Å². The molecule has 0 aliphatic heterocycles. The predicted molar refractivity (Wildman–Crippen MR) is 53.0 cm³/mol. The van der Waals surface area contributed by atoms with Crippen LogP contribution in [0.4, 0.5) is 0 Å². The molecule has 2 rings (SSSR count). The molecule has 3 unspecified atom stereocenters. The molecular formula is C12H20. The Morgan fingerprint density at radius 1 is 1.58 bits per heavy atom. The summed E-state index contributed by atoms with van der Waals surface area (Å²) in [5.74, 6) is 1.91. The largest absolute Gasteiger partial charge is 0.0848 e. The van der Waals surface area contributed by atoms with Crippen molar-refractivity contribution >= 4 is 0 Å². The van der Waals surface area contributed by atoms with Gasteiger partial charge in [-0.2, -0.15) is 0 Å². The summed E-state index contributed by atoms with van der Waals surface area (Å²) in [6.45, 7) is 7.16. The van der Waals surface area contributed by atoms with E-state index in [1.54, 1.807) is 5.57 Å². The molecule has 68 valence electrons. The molecule has 3 atom stereocenters. The van der Waals surface area contributed by atoms with E-state index >= 15 is 0 Å². The summed E-state index contributed by atoms with van der Waals surface area (Å²) in [6.07, 6.45) is 8.12. The first kappa shape index (κ1) is 8.34. The molecule has 0 aromatic carbocycles. The van der Waals surface area contributed by atoms with Crippen molar-refractivity contribution < 1.29 is 0 Å². The third-order valence-electron chi connectivity index (χ3n) is 4.10. The van der Waals surface area contributed by atoms with Crippen molar-refractivity contribution in [1.29, 1.82) is 0 Å². The zero-order chi connectivity index (χ0) is 8.77. The van der Waals surface area contributed by atoms with Crippen LogP contribution in [0.2, 0.25) is 0 Å². The van der Waals surface area contributed by atoms with Gasteiger partial charge in [0.2, 0.25) is 0 Å². The van der Waals surface area contributed by atoms with Gasteiger partial charge in [-0.1, -0.05) is 32.4 Å². The second-order valence-corrected chi connectivity index (χ2v) is 4.92. The van der Waals surface area contributed by atoms with Crippen LogP contribution in [0.1, 0.15) is 46.5 Å². The highest BCUT2D eigenvalue weighted by atomic mass is 14.5. The van der Waals surface area contributed by atoms with Crippen molar-refractivity contribution in [3.05, 3.63) is 11.6 Å². The van der Waals surface area contributed by atoms with Gasteiger partial charge >= 0.3 is 0 Å². The second-order valence-electron chi connectivity index (χ2n) is 4.92. The summed E-state index contributed by atoms with van der Waals surface area (Å²) in [5.41, 5.74) is 2.39. The minimum Gasteiger partial charge on any atom is -0.0848 e. The van der Waals surface area contributed by atoms with Crippen LogP contribution < -0.4 is 0 Å². The molecule has 0 heterocycles. The first-order valence-electron chi connectivity index (χ1n) is 5.38. The third-order valence-corrected chi connectivity index (χ3v) is 4.10. The minimum absolute atomic E-state index is 0.611. The van der Waals surface area contributed by atoms with E-state index in [4.69, 9.17) is 0 Å². The van der Waals surface area contributed by atoms with E-state index < -0.39 is 0 Å². The summed E-state index contributed by atoms with van der Waals surface area (Å²) in [4.78, 5) is 0. The fourth-order valence-corrected chi connectivity index (χ4v) is 3.43. The lowest BCUT2D eigenvalue weighted by atomic mass is 9.77. The van der Waals surface area contributed by atoms with E-state index in [0.717, 1.165) is 11.8 Å². The average Bonchev–Trinajstić information content (AvgIpc) is 2.50. The first-order chi connectivity index (χ1) is 5.67. The highest BCUT2D eigenvalue weighted by Gasteiger charge is 2.48. The van der Waals surface area contributed by atoms with Crippen molar-refractivity contribution in [1.82, 2.24) is 0 Å². The molecule has 0 nitrogen and oxygen atoms in total. The van der Waals surface area contributed by atoms with Gasteiger partial charge in [0.1, 0.15) is 0 Å². The molecule has 2 fully saturated rings. The quantitative estimate of drug-likeness (QED) is 0.517. The molecule has 0 aromatic rings. The molecule has 2 saturated carbocycles. The highest BCUT2D eigenvalue weighted by molar-refractivity contribution is 5.26. The Hall–Kier alpha value is -0.260. The topological polar surface area (TPSA) is 0 Å². The Bertz CT molecular complexity index is 214. The van der Waals surface area contributed by atoms with E-state index in [1.165, 1.54) is 25.7 Å². The molecule has 0 heteroatoms. The molecule has 0 radical (unpaired) electrons. The molecule has 0 aromatic heterocycles. The van der Waals surface area contributed by atoms with E-state index in [0.29, 0.717) is 5.41 Å². The lowest BCUT2D eigenvalue weighted by Gasteiger charge is -2.28. The predicted octanol–water partition coefficient (Wildman–Crippen LogP) is 3.78. The Labute approximate surface area is 76.1 Å². The van der Waals surface area contributed by atoms with Gasteiger partial charge in [0.25, 0.3) is 0 Å². The van der Waals surface area contributed by atoms with Crippen molar-refractivity contribution in [2.24, 2.45) is 17.3 Å². The molecule has 0 saturated heterocycles. The number of fused-ring (bicyclic) bond motifs is 2. The lowest BCUT2D eigenvalue weighted by molar-refractivity contribution is 0.388. The van der Waals surface area contributed by atoms with Crippen molar-refractivity contribution in [2.75, 3.05) is 0 Å². The fraction of sp³-hybridized carbons (Fsp3) is 0.833. The zero-order valence-electron chi connectivity index (χ0n) is 8.56. The van der Waals surface area contributed by atoms with Crippen LogP contribution in [0.3, 0.4) is 0 Å². The minimum atomic E-state index is 0.611. The van der Waals surface area contributed by atoms with Crippen LogP contribution in [0, 0.1) is 17.3 Å². The SMILES string of the molecule is CCC=C1C(C)C2CCC1(C)C2. The molecule has 0 amide bonds. The average molecular weight is 164 g/mol. The number of hydrogen-bond donors (Lipinski definition) is 0. The van der Waals surface area contributed by atoms with Crippen LogP contribution in [-0.4, -0.2) is 0 Å². The van der Waals surface area contributed by atoms with E-state index in [2.05, 4.69) is 26.8 Å². The summed E-state index contributed by atoms with van der Waals surface area (Å²) >= 11 is 0. The lowest BCUT2D eigenvalue weighted by Crippen LogP contribution is -2.17. The Morgan fingerprint density at radius 2 is 2.33 bits per heavy atom. The maximum absolute atomic E-state index is 2.49. The molecule has 12 heavy (non-hydrogen) atoms. The Balaban J connectivity index is 2.29. The molecular weight excluding hydrogens is 144 g/mol. The van der Waals surface area contributed by atoms with E-state index in [9.17, 15) is 0 Å². The maximum atomic E-state index is 2.49. The molecule has 0 N–H and O–H groups in total. The summed E-state index contributed by atoms with van der Waals surface area (Å²) < 4.78 is 0. The van der Waals surface area contributed by atoms with Gasteiger partial charge in [0, 0.05) is 0 Å². The third kappa shape index (κ3) is 0.967. The standard InChI is InChI=1S/C12H20/c1-4-5-11-9(2)10-6-7-12(11,3)8-10/h5,9-10H,4,6-8H2,1-3H3. The molecule has 2 aliphatic rings. The summed E-state index contributed by atoms with van der Waals surface area (Å²) in [6, 6.07) is 0. The van der Waals surface area contributed by atoms with Gasteiger partial charge in [-0.05, 0) is 42.9 Å². The smallest absolute Gasteiger partial charge is 0.0111 e. The van der Waals surface area contributed by atoms with Crippen LogP contribution >= 0.6 is 0 Å². The Morgan fingerprint density at radius 3 is 2.83 bits per heavy atom. The first-order valence-corrected chi connectivity index (χ1v) is 5.38. The number of allylic oxidation sites excluding steroid dienone is 2. The second kappa shape index (κ2) is 2.61. The van der Waals surface area contributed by atoms with Crippen LogP contribution in [-0.2, 0) is 0 Å². The van der Waals surface area contributed by atoms with Crippen LogP contribution in [0.15, 0.2) is 11.6 Å². The van der Waals surface area contributed by atoms with Crippen molar-refractivity contribution in [2.45, 2.75) is 46.5 Å². The van der Waals surface area contributed by atoms with Crippen molar-refractivity contribution in [3.63, 3.8) is 0 Å². The molecule has 0 spiro atoms. The van der Waals surface area contributed by atoms with Gasteiger partial charge < -0.3 is 0 Å².